The highest BCUT2D eigenvalue weighted by Gasteiger charge is 2.15. The first-order valence-electron chi connectivity index (χ1n) is 7.91. The maximum atomic E-state index is 12.6. The zero-order chi connectivity index (χ0) is 18.0. The van der Waals surface area contributed by atoms with Gasteiger partial charge in [0, 0.05) is 23.7 Å². The van der Waals surface area contributed by atoms with Crippen LogP contribution in [0, 0.1) is 6.92 Å². The van der Waals surface area contributed by atoms with Gasteiger partial charge < -0.3 is 14.5 Å². The Morgan fingerprint density at radius 3 is 2.68 bits per heavy atom. The summed E-state index contributed by atoms with van der Waals surface area (Å²) < 4.78 is 10.8. The highest BCUT2D eigenvalue weighted by Crippen LogP contribution is 2.24. The molecule has 2 aromatic heterocycles. The van der Waals surface area contributed by atoms with Crippen molar-refractivity contribution in [3.8, 4) is 5.75 Å². The molecule has 0 fully saturated rings. The predicted molar refractivity (Wildman–Crippen MR) is 95.2 cm³/mol. The maximum absolute atomic E-state index is 12.6. The first-order valence-corrected chi connectivity index (χ1v) is 7.91. The molecular weight excluding hydrogens is 320 g/mol. The van der Waals surface area contributed by atoms with Crippen molar-refractivity contribution >= 4 is 22.7 Å². The lowest BCUT2D eigenvalue weighted by Gasteiger charge is -2.11. The second kappa shape index (κ2) is 6.76. The predicted octanol–water partition coefficient (Wildman–Crippen LogP) is 3.54. The van der Waals surface area contributed by atoms with E-state index in [1.807, 2.05) is 26.8 Å². The van der Waals surface area contributed by atoms with Crippen molar-refractivity contribution in [3.63, 3.8) is 0 Å². The molecule has 6 heteroatoms. The SMILES string of the molecule is Cc1ccc(NC(=O)c2cc(=O)oc3cc(OC(C)C)ccc23)nc1. The summed E-state index contributed by atoms with van der Waals surface area (Å²) in [6, 6.07) is 9.77. The summed E-state index contributed by atoms with van der Waals surface area (Å²) in [6.45, 7) is 5.71. The third kappa shape index (κ3) is 3.85. The van der Waals surface area contributed by atoms with Gasteiger partial charge in [0.05, 0.1) is 11.7 Å². The minimum Gasteiger partial charge on any atom is -0.491 e. The van der Waals surface area contributed by atoms with Crippen LogP contribution in [-0.4, -0.2) is 17.0 Å². The van der Waals surface area contributed by atoms with Crippen LogP contribution in [0.3, 0.4) is 0 Å². The molecule has 0 aliphatic rings. The third-order valence-corrected chi connectivity index (χ3v) is 3.49. The number of aryl methyl sites for hydroxylation is 1. The molecular formula is C19H18N2O4. The number of benzene rings is 1. The van der Waals surface area contributed by atoms with E-state index in [9.17, 15) is 9.59 Å². The van der Waals surface area contributed by atoms with Crippen LogP contribution in [0.1, 0.15) is 29.8 Å². The average Bonchev–Trinajstić information content (AvgIpc) is 2.55. The Bertz CT molecular complexity index is 975. The lowest BCUT2D eigenvalue weighted by atomic mass is 10.1. The highest BCUT2D eigenvalue weighted by atomic mass is 16.5. The normalized spacial score (nSPS) is 10.9. The number of carbonyl (C=O) groups excluding carboxylic acids is 1. The van der Waals surface area contributed by atoms with Crippen LogP contribution >= 0.6 is 0 Å². The van der Waals surface area contributed by atoms with Crippen LogP contribution < -0.4 is 15.7 Å². The van der Waals surface area contributed by atoms with E-state index < -0.39 is 11.5 Å². The van der Waals surface area contributed by atoms with Gasteiger partial charge in [-0.25, -0.2) is 9.78 Å². The van der Waals surface area contributed by atoms with Crippen molar-refractivity contribution in [1.82, 2.24) is 4.98 Å². The van der Waals surface area contributed by atoms with Gasteiger partial charge in [-0.3, -0.25) is 4.79 Å². The first-order chi connectivity index (χ1) is 11.9. The summed E-state index contributed by atoms with van der Waals surface area (Å²) in [5, 5.41) is 3.22. The van der Waals surface area contributed by atoms with Gasteiger partial charge in [0.25, 0.3) is 5.91 Å². The van der Waals surface area contributed by atoms with Gasteiger partial charge in [0.2, 0.25) is 0 Å². The van der Waals surface area contributed by atoms with Gasteiger partial charge in [-0.2, -0.15) is 0 Å². The second-order valence-corrected chi connectivity index (χ2v) is 5.98. The Labute approximate surface area is 144 Å². The fourth-order valence-corrected chi connectivity index (χ4v) is 2.40. The number of nitrogens with one attached hydrogen (secondary N) is 1. The molecule has 1 aromatic carbocycles. The van der Waals surface area contributed by atoms with Crippen LogP contribution in [0.2, 0.25) is 0 Å². The van der Waals surface area contributed by atoms with E-state index in [2.05, 4.69) is 10.3 Å². The number of amides is 1. The molecule has 0 aliphatic carbocycles. The number of ether oxygens (including phenoxy) is 1. The van der Waals surface area contributed by atoms with Gasteiger partial charge in [-0.05, 0) is 44.5 Å². The molecule has 0 spiro atoms. The summed E-state index contributed by atoms with van der Waals surface area (Å²) >= 11 is 0. The van der Waals surface area contributed by atoms with Crippen molar-refractivity contribution in [2.75, 3.05) is 5.32 Å². The summed E-state index contributed by atoms with van der Waals surface area (Å²) in [6.07, 6.45) is 1.64. The number of nitrogens with zero attached hydrogens (tertiary/aromatic N) is 1. The molecule has 0 radical (unpaired) electrons. The number of fused-ring (bicyclic) bond motifs is 1. The molecule has 1 amide bonds. The smallest absolute Gasteiger partial charge is 0.337 e. The Kier molecular flexibility index (Phi) is 4.52. The van der Waals surface area contributed by atoms with Crippen LogP contribution in [0.5, 0.6) is 5.75 Å². The molecule has 1 N–H and O–H groups in total. The molecule has 2 heterocycles. The maximum Gasteiger partial charge on any atom is 0.337 e. The number of hydrogen-bond acceptors (Lipinski definition) is 5. The van der Waals surface area contributed by atoms with E-state index in [0.717, 1.165) is 5.56 Å². The van der Waals surface area contributed by atoms with Crippen molar-refractivity contribution in [2.45, 2.75) is 26.9 Å². The summed E-state index contributed by atoms with van der Waals surface area (Å²) in [7, 11) is 0. The number of hydrogen-bond donors (Lipinski definition) is 1. The van der Waals surface area contributed by atoms with E-state index in [1.165, 1.54) is 6.07 Å². The van der Waals surface area contributed by atoms with Crippen molar-refractivity contribution in [2.24, 2.45) is 0 Å². The van der Waals surface area contributed by atoms with E-state index >= 15 is 0 Å². The number of pyridine rings is 1. The van der Waals surface area contributed by atoms with E-state index in [-0.39, 0.29) is 11.7 Å². The molecule has 6 nitrogen and oxygen atoms in total. The van der Waals surface area contributed by atoms with Crippen molar-refractivity contribution < 1.29 is 13.9 Å². The van der Waals surface area contributed by atoms with Gasteiger partial charge in [0.15, 0.2) is 0 Å². The molecule has 128 valence electrons. The largest absolute Gasteiger partial charge is 0.491 e. The monoisotopic (exact) mass is 338 g/mol. The summed E-state index contributed by atoms with van der Waals surface area (Å²) in [4.78, 5) is 28.5. The Balaban J connectivity index is 1.98. The zero-order valence-corrected chi connectivity index (χ0v) is 14.2. The lowest BCUT2D eigenvalue weighted by molar-refractivity contribution is 0.102. The Morgan fingerprint density at radius 2 is 2.00 bits per heavy atom. The molecule has 0 saturated heterocycles. The molecule has 3 aromatic rings. The number of aromatic nitrogens is 1. The van der Waals surface area contributed by atoms with Crippen LogP contribution in [0.25, 0.3) is 11.0 Å². The number of anilines is 1. The number of rotatable bonds is 4. The quantitative estimate of drug-likeness (QED) is 0.736. The van der Waals surface area contributed by atoms with E-state index in [0.29, 0.717) is 22.5 Å². The zero-order valence-electron chi connectivity index (χ0n) is 14.2. The minimum atomic E-state index is -0.601. The topological polar surface area (TPSA) is 81.4 Å². The van der Waals surface area contributed by atoms with Crippen molar-refractivity contribution in [1.29, 1.82) is 0 Å². The second-order valence-electron chi connectivity index (χ2n) is 5.98. The number of carbonyl (C=O) groups is 1. The average molecular weight is 338 g/mol. The molecule has 0 saturated carbocycles. The molecule has 0 bridgehead atoms. The Morgan fingerprint density at radius 1 is 1.20 bits per heavy atom. The minimum absolute atomic E-state index is 0.0109. The molecule has 25 heavy (non-hydrogen) atoms. The van der Waals surface area contributed by atoms with Crippen LogP contribution in [-0.2, 0) is 0 Å². The Hall–Kier alpha value is -3.15. The fraction of sp³-hybridized carbons (Fsp3) is 0.211. The van der Waals surface area contributed by atoms with Gasteiger partial charge >= 0.3 is 5.63 Å². The van der Waals surface area contributed by atoms with Gasteiger partial charge in [-0.1, -0.05) is 6.07 Å². The highest BCUT2D eigenvalue weighted by molar-refractivity contribution is 6.11. The standard InChI is InChI=1S/C19H18N2O4/c1-11(2)24-13-5-6-14-15(9-18(22)25-16(14)8-13)19(23)21-17-7-4-12(3)10-20-17/h4-11H,1-3H3,(H,20,21,23). The third-order valence-electron chi connectivity index (χ3n) is 3.49. The summed E-state index contributed by atoms with van der Waals surface area (Å²) in [5.74, 6) is 0.562. The summed E-state index contributed by atoms with van der Waals surface area (Å²) in [5.41, 5.74) is 0.912. The van der Waals surface area contributed by atoms with E-state index in [4.69, 9.17) is 9.15 Å². The lowest BCUT2D eigenvalue weighted by Crippen LogP contribution is -2.16. The van der Waals surface area contributed by atoms with Crippen LogP contribution in [0.4, 0.5) is 5.82 Å². The van der Waals surface area contributed by atoms with Crippen LogP contribution in [0.15, 0.2) is 51.8 Å². The van der Waals surface area contributed by atoms with Gasteiger partial charge in [0.1, 0.15) is 17.2 Å². The van der Waals surface area contributed by atoms with E-state index in [1.54, 1.807) is 30.5 Å². The van der Waals surface area contributed by atoms with Crippen molar-refractivity contribution in [3.05, 3.63) is 64.1 Å². The molecule has 0 aliphatic heterocycles. The fourth-order valence-electron chi connectivity index (χ4n) is 2.40. The molecule has 0 unspecified atom stereocenters. The molecule has 0 atom stereocenters. The molecule has 3 rings (SSSR count). The first kappa shape index (κ1) is 16.7. The van der Waals surface area contributed by atoms with Gasteiger partial charge in [-0.15, -0.1) is 0 Å².